The van der Waals surface area contributed by atoms with Crippen molar-refractivity contribution in [1.29, 1.82) is 0 Å². The molecule has 1 atom stereocenters. The summed E-state index contributed by atoms with van der Waals surface area (Å²) in [7, 11) is 1.97. The molecule has 1 N–H and O–H groups in total. The number of aromatic nitrogens is 1. The number of rotatable bonds is 4. The molecule has 1 unspecified atom stereocenters. The number of hydrogen-bond donors (Lipinski definition) is 1. The van der Waals surface area contributed by atoms with Gasteiger partial charge < -0.3 is 5.32 Å². The number of pyridine rings is 1. The maximum atomic E-state index is 4.43. The molecule has 0 saturated carbocycles. The van der Waals surface area contributed by atoms with Gasteiger partial charge in [0, 0.05) is 22.0 Å². The molecular weight excluding hydrogens is 284 g/mol. The van der Waals surface area contributed by atoms with E-state index in [0.717, 1.165) is 16.6 Å². The monoisotopic (exact) mass is 296 g/mol. The van der Waals surface area contributed by atoms with Gasteiger partial charge in [0.25, 0.3) is 0 Å². The van der Waals surface area contributed by atoms with Crippen LogP contribution in [0.1, 0.15) is 16.6 Å². The maximum absolute atomic E-state index is 4.43. The van der Waals surface area contributed by atoms with Crippen LogP contribution in [0.2, 0.25) is 0 Å². The van der Waals surface area contributed by atoms with Crippen molar-refractivity contribution in [2.45, 2.75) is 12.5 Å². The molecule has 84 valence electrons. The van der Waals surface area contributed by atoms with E-state index in [-0.39, 0.29) is 6.04 Å². The van der Waals surface area contributed by atoms with Gasteiger partial charge >= 0.3 is 0 Å². The number of nitrogens with zero attached hydrogens (tertiary/aromatic N) is 1. The van der Waals surface area contributed by atoms with Crippen molar-refractivity contribution in [1.82, 2.24) is 10.3 Å². The summed E-state index contributed by atoms with van der Waals surface area (Å²) in [6.07, 6.45) is 2.81. The van der Waals surface area contributed by atoms with Crippen molar-refractivity contribution < 1.29 is 0 Å². The zero-order chi connectivity index (χ0) is 11.4. The molecule has 0 spiro atoms. The highest BCUT2D eigenvalue weighted by molar-refractivity contribution is 9.10. The van der Waals surface area contributed by atoms with Gasteiger partial charge in [-0.1, -0.05) is 6.07 Å². The Bertz CT molecular complexity index is 442. The second-order valence-electron chi connectivity index (χ2n) is 3.50. The maximum Gasteiger partial charge on any atom is 0.0718 e. The normalized spacial score (nSPS) is 12.6. The van der Waals surface area contributed by atoms with Gasteiger partial charge in [-0.05, 0) is 46.6 Å². The molecule has 0 radical (unpaired) electrons. The first-order valence-electron chi connectivity index (χ1n) is 5.11. The lowest BCUT2D eigenvalue weighted by Gasteiger charge is -2.15. The van der Waals surface area contributed by atoms with Crippen LogP contribution < -0.4 is 5.32 Å². The first-order chi connectivity index (χ1) is 7.81. The largest absolute Gasteiger partial charge is 0.311 e. The Morgan fingerprint density at radius 1 is 1.44 bits per heavy atom. The molecule has 2 nitrogen and oxygen atoms in total. The molecule has 0 saturated heterocycles. The van der Waals surface area contributed by atoms with Crippen molar-refractivity contribution in [3.8, 4) is 0 Å². The van der Waals surface area contributed by atoms with Crippen molar-refractivity contribution in [3.63, 3.8) is 0 Å². The van der Waals surface area contributed by atoms with Crippen LogP contribution in [0, 0.1) is 0 Å². The second-order valence-corrected chi connectivity index (χ2v) is 5.38. The van der Waals surface area contributed by atoms with E-state index in [2.05, 4.69) is 43.7 Å². The highest BCUT2D eigenvalue weighted by Crippen LogP contribution is 2.25. The number of halogens is 1. The van der Waals surface area contributed by atoms with Gasteiger partial charge in [0.2, 0.25) is 0 Å². The molecule has 0 aliphatic rings. The van der Waals surface area contributed by atoms with Crippen LogP contribution in [0.3, 0.4) is 0 Å². The molecular formula is C12H13BrN2S. The molecule has 2 aromatic heterocycles. The van der Waals surface area contributed by atoms with E-state index >= 15 is 0 Å². The SMILES string of the molecule is CNC(Cc1cccs1)c1ncccc1Br. The van der Waals surface area contributed by atoms with Crippen molar-refractivity contribution in [3.05, 3.63) is 50.9 Å². The Morgan fingerprint density at radius 2 is 2.31 bits per heavy atom. The summed E-state index contributed by atoms with van der Waals surface area (Å²) in [5.41, 5.74) is 1.07. The molecule has 0 amide bonds. The minimum Gasteiger partial charge on any atom is -0.311 e. The van der Waals surface area contributed by atoms with Gasteiger partial charge in [0.1, 0.15) is 0 Å². The summed E-state index contributed by atoms with van der Waals surface area (Å²) in [4.78, 5) is 5.80. The highest BCUT2D eigenvalue weighted by atomic mass is 79.9. The second kappa shape index (κ2) is 5.57. The lowest BCUT2D eigenvalue weighted by molar-refractivity contribution is 0.577. The van der Waals surface area contributed by atoms with Crippen molar-refractivity contribution >= 4 is 27.3 Å². The predicted molar refractivity (Wildman–Crippen MR) is 71.8 cm³/mol. The smallest absolute Gasteiger partial charge is 0.0718 e. The Labute approximate surface area is 108 Å². The first kappa shape index (κ1) is 11.8. The van der Waals surface area contributed by atoms with Gasteiger partial charge in [-0.2, -0.15) is 0 Å². The van der Waals surface area contributed by atoms with Crippen LogP contribution in [0.4, 0.5) is 0 Å². The standard InChI is InChI=1S/C12H13BrN2S/c1-14-11(8-9-4-3-7-16-9)12-10(13)5-2-6-15-12/h2-7,11,14H,8H2,1H3. The van der Waals surface area contributed by atoms with Gasteiger partial charge in [0.15, 0.2) is 0 Å². The van der Waals surface area contributed by atoms with Crippen LogP contribution in [0.5, 0.6) is 0 Å². The fraction of sp³-hybridized carbons (Fsp3) is 0.250. The molecule has 0 aliphatic heterocycles. The number of likely N-dealkylation sites (N-methyl/N-ethyl adjacent to an activating group) is 1. The molecule has 0 aliphatic carbocycles. The van der Waals surface area contributed by atoms with E-state index in [1.54, 1.807) is 11.3 Å². The summed E-state index contributed by atoms with van der Waals surface area (Å²) < 4.78 is 1.06. The molecule has 2 rings (SSSR count). The first-order valence-corrected chi connectivity index (χ1v) is 6.78. The van der Waals surface area contributed by atoms with Gasteiger partial charge in [0.05, 0.1) is 11.7 Å². The summed E-state index contributed by atoms with van der Waals surface area (Å²) in [5.74, 6) is 0. The summed E-state index contributed by atoms with van der Waals surface area (Å²) in [6, 6.07) is 8.47. The zero-order valence-electron chi connectivity index (χ0n) is 8.98. The van der Waals surface area contributed by atoms with E-state index < -0.39 is 0 Å². The van der Waals surface area contributed by atoms with Gasteiger partial charge in [-0.15, -0.1) is 11.3 Å². The van der Waals surface area contributed by atoms with Gasteiger partial charge in [-0.3, -0.25) is 4.98 Å². The third-order valence-corrected chi connectivity index (χ3v) is 4.02. The third-order valence-electron chi connectivity index (χ3n) is 2.45. The fourth-order valence-electron chi connectivity index (χ4n) is 1.62. The van der Waals surface area contributed by atoms with E-state index in [0.29, 0.717) is 0 Å². The average molecular weight is 297 g/mol. The Balaban J connectivity index is 2.20. The third kappa shape index (κ3) is 2.70. The van der Waals surface area contributed by atoms with Crippen LogP contribution in [0.15, 0.2) is 40.3 Å². The Hall–Kier alpha value is -0.710. The molecule has 0 fully saturated rings. The molecule has 0 aromatic carbocycles. The van der Waals surface area contributed by atoms with Gasteiger partial charge in [-0.25, -0.2) is 0 Å². The van der Waals surface area contributed by atoms with Crippen LogP contribution >= 0.6 is 27.3 Å². The minimum atomic E-state index is 0.259. The minimum absolute atomic E-state index is 0.259. The fourth-order valence-corrected chi connectivity index (χ4v) is 2.90. The Morgan fingerprint density at radius 3 is 2.94 bits per heavy atom. The average Bonchev–Trinajstić information content (AvgIpc) is 2.80. The van der Waals surface area contributed by atoms with E-state index in [4.69, 9.17) is 0 Å². The molecule has 2 aromatic rings. The van der Waals surface area contributed by atoms with Crippen LogP contribution in [-0.2, 0) is 6.42 Å². The molecule has 16 heavy (non-hydrogen) atoms. The van der Waals surface area contributed by atoms with E-state index in [1.807, 2.05) is 25.4 Å². The molecule has 0 bridgehead atoms. The zero-order valence-corrected chi connectivity index (χ0v) is 11.4. The lowest BCUT2D eigenvalue weighted by Crippen LogP contribution is -2.20. The molecule has 4 heteroatoms. The number of thiophene rings is 1. The van der Waals surface area contributed by atoms with Crippen molar-refractivity contribution in [2.24, 2.45) is 0 Å². The summed E-state index contributed by atoms with van der Waals surface area (Å²) in [5, 5.41) is 5.42. The number of hydrogen-bond acceptors (Lipinski definition) is 3. The van der Waals surface area contributed by atoms with E-state index in [9.17, 15) is 0 Å². The summed E-state index contributed by atoms with van der Waals surface area (Å²) >= 11 is 5.33. The topological polar surface area (TPSA) is 24.9 Å². The Kier molecular flexibility index (Phi) is 4.09. The van der Waals surface area contributed by atoms with Crippen LogP contribution in [-0.4, -0.2) is 12.0 Å². The van der Waals surface area contributed by atoms with Crippen LogP contribution in [0.25, 0.3) is 0 Å². The molecule has 2 heterocycles. The lowest BCUT2D eigenvalue weighted by atomic mass is 10.1. The number of nitrogens with one attached hydrogen (secondary N) is 1. The van der Waals surface area contributed by atoms with Crippen molar-refractivity contribution in [2.75, 3.05) is 7.05 Å². The van der Waals surface area contributed by atoms with E-state index in [1.165, 1.54) is 4.88 Å². The predicted octanol–water partition coefficient (Wildman–Crippen LogP) is 3.41. The summed E-state index contributed by atoms with van der Waals surface area (Å²) in [6.45, 7) is 0. The quantitative estimate of drug-likeness (QED) is 0.935. The highest BCUT2D eigenvalue weighted by Gasteiger charge is 2.14.